The molecule has 29 heavy (non-hydrogen) atoms. The predicted molar refractivity (Wildman–Crippen MR) is 121 cm³/mol. The molecule has 4 aromatic rings. The maximum atomic E-state index is 4.71. The number of aromatic nitrogens is 2. The van der Waals surface area contributed by atoms with Gasteiger partial charge in [-0.15, -0.1) is 0 Å². The van der Waals surface area contributed by atoms with Crippen LogP contribution in [0, 0.1) is 0 Å². The van der Waals surface area contributed by atoms with Gasteiger partial charge in [0.1, 0.15) is 0 Å². The number of hydrogen-bond donors (Lipinski definition) is 0. The van der Waals surface area contributed by atoms with Crippen molar-refractivity contribution in [3.63, 3.8) is 0 Å². The fourth-order valence-electron chi connectivity index (χ4n) is 3.11. The fraction of sp³-hybridized carbons (Fsp3) is 0.0385. The van der Waals surface area contributed by atoms with Gasteiger partial charge in [-0.1, -0.05) is 67.2 Å². The molecule has 140 valence electrons. The van der Waals surface area contributed by atoms with Crippen molar-refractivity contribution >= 4 is 11.4 Å². The minimum absolute atomic E-state index is 0.740. The second-order valence-electron chi connectivity index (χ2n) is 6.73. The van der Waals surface area contributed by atoms with E-state index in [0.29, 0.717) is 0 Å². The van der Waals surface area contributed by atoms with Crippen LogP contribution in [0.3, 0.4) is 0 Å². The molecule has 2 aromatic heterocycles. The summed E-state index contributed by atoms with van der Waals surface area (Å²) in [7, 11) is 0. The molecular formula is C26H21N3. The second-order valence-corrected chi connectivity index (χ2v) is 6.73. The summed E-state index contributed by atoms with van der Waals surface area (Å²) < 4.78 is 0. The van der Waals surface area contributed by atoms with Gasteiger partial charge < -0.3 is 0 Å². The molecule has 4 rings (SSSR count). The van der Waals surface area contributed by atoms with E-state index in [2.05, 4.69) is 52.9 Å². The molecule has 0 aliphatic heterocycles. The molecule has 0 aliphatic rings. The Morgan fingerprint density at radius 1 is 0.655 bits per heavy atom. The van der Waals surface area contributed by atoms with Crippen LogP contribution in [0.25, 0.3) is 28.2 Å². The van der Waals surface area contributed by atoms with E-state index < -0.39 is 0 Å². The maximum absolute atomic E-state index is 4.71. The quantitative estimate of drug-likeness (QED) is 0.384. The monoisotopic (exact) mass is 375 g/mol. The molecule has 0 N–H and O–H groups in total. The van der Waals surface area contributed by atoms with Crippen molar-refractivity contribution in [2.75, 3.05) is 0 Å². The van der Waals surface area contributed by atoms with Crippen molar-refractivity contribution in [2.45, 2.75) is 6.92 Å². The lowest BCUT2D eigenvalue weighted by molar-refractivity contribution is 1.32. The van der Waals surface area contributed by atoms with Gasteiger partial charge in [-0.05, 0) is 42.3 Å². The number of nitrogens with zero attached hydrogens (tertiary/aromatic N) is 3. The lowest BCUT2D eigenvalue weighted by Crippen LogP contribution is -1.95. The summed E-state index contributed by atoms with van der Waals surface area (Å²) in [5, 5.41) is 0. The fourth-order valence-corrected chi connectivity index (χ4v) is 3.11. The summed E-state index contributed by atoms with van der Waals surface area (Å²) in [5.74, 6) is 0. The highest BCUT2D eigenvalue weighted by Gasteiger charge is 2.04. The highest BCUT2D eigenvalue weighted by molar-refractivity contribution is 6.01. The summed E-state index contributed by atoms with van der Waals surface area (Å²) in [6, 6.07) is 28.3. The van der Waals surface area contributed by atoms with Gasteiger partial charge in [-0.2, -0.15) is 0 Å². The topological polar surface area (TPSA) is 38.1 Å². The van der Waals surface area contributed by atoms with Crippen molar-refractivity contribution in [1.29, 1.82) is 0 Å². The molecule has 0 unspecified atom stereocenters. The van der Waals surface area contributed by atoms with Crippen LogP contribution in [0.1, 0.15) is 18.1 Å². The minimum atomic E-state index is 0.740. The van der Waals surface area contributed by atoms with Gasteiger partial charge >= 0.3 is 0 Å². The van der Waals surface area contributed by atoms with Crippen LogP contribution >= 0.6 is 0 Å². The summed E-state index contributed by atoms with van der Waals surface area (Å²) in [4.78, 5) is 13.5. The molecule has 0 fully saturated rings. The first-order valence-electron chi connectivity index (χ1n) is 9.48. The van der Waals surface area contributed by atoms with E-state index in [9.17, 15) is 0 Å². The number of benzene rings is 2. The molecule has 0 amide bonds. The van der Waals surface area contributed by atoms with Gasteiger partial charge in [0.25, 0.3) is 0 Å². The second kappa shape index (κ2) is 8.44. The van der Waals surface area contributed by atoms with Gasteiger partial charge in [-0.25, -0.2) is 0 Å². The standard InChI is InChI=1S/C26H21N3/c1-19(21-9-13-23(14-10-21)25-7-3-5-17-27-25)29-20(2)22-11-15-24(16-12-22)26-8-4-6-18-28-26/h3-18H,1H2,2H3. The first kappa shape index (κ1) is 18.5. The Balaban J connectivity index is 1.50. The zero-order valence-corrected chi connectivity index (χ0v) is 16.3. The van der Waals surface area contributed by atoms with Gasteiger partial charge in [0.2, 0.25) is 0 Å². The third-order valence-corrected chi connectivity index (χ3v) is 4.74. The first-order valence-corrected chi connectivity index (χ1v) is 9.48. The lowest BCUT2D eigenvalue weighted by atomic mass is 10.1. The summed E-state index contributed by atoms with van der Waals surface area (Å²) in [6.45, 7) is 6.15. The molecular weight excluding hydrogens is 354 g/mol. The van der Waals surface area contributed by atoms with Crippen LogP contribution in [0.4, 0.5) is 0 Å². The van der Waals surface area contributed by atoms with Crippen molar-refractivity contribution in [2.24, 2.45) is 4.99 Å². The number of rotatable bonds is 5. The van der Waals surface area contributed by atoms with Crippen molar-refractivity contribution in [3.8, 4) is 22.5 Å². The van der Waals surface area contributed by atoms with Crippen molar-refractivity contribution in [3.05, 3.63) is 115 Å². The molecule has 3 nitrogen and oxygen atoms in total. The molecule has 3 heteroatoms. The predicted octanol–water partition coefficient (Wildman–Crippen LogP) is 6.29. The van der Waals surface area contributed by atoms with Gasteiger partial charge in [-0.3, -0.25) is 15.0 Å². The van der Waals surface area contributed by atoms with E-state index in [4.69, 9.17) is 4.99 Å². The minimum Gasteiger partial charge on any atom is -0.256 e. The molecule has 0 saturated heterocycles. The molecule has 0 spiro atoms. The molecule has 0 aliphatic carbocycles. The highest BCUT2D eigenvalue weighted by Crippen LogP contribution is 2.22. The zero-order valence-electron chi connectivity index (χ0n) is 16.3. The van der Waals surface area contributed by atoms with Gasteiger partial charge in [0.15, 0.2) is 0 Å². The molecule has 2 aromatic carbocycles. The van der Waals surface area contributed by atoms with E-state index in [1.807, 2.05) is 55.5 Å². The third kappa shape index (κ3) is 4.36. The van der Waals surface area contributed by atoms with E-state index >= 15 is 0 Å². The molecule has 0 saturated carbocycles. The van der Waals surface area contributed by atoms with Crippen LogP contribution in [-0.4, -0.2) is 15.7 Å². The van der Waals surface area contributed by atoms with E-state index in [0.717, 1.165) is 45.1 Å². The van der Waals surface area contributed by atoms with E-state index in [1.165, 1.54) is 0 Å². The molecule has 0 atom stereocenters. The Morgan fingerprint density at radius 2 is 1.14 bits per heavy atom. The Kier molecular flexibility index (Phi) is 5.39. The SMILES string of the molecule is C=C(N=C(C)c1ccc(-c2ccccn2)cc1)c1ccc(-c2ccccn2)cc1. The van der Waals surface area contributed by atoms with Crippen LogP contribution in [0.5, 0.6) is 0 Å². The Bertz CT molecular complexity index is 1130. The third-order valence-electron chi connectivity index (χ3n) is 4.74. The largest absolute Gasteiger partial charge is 0.256 e. The van der Waals surface area contributed by atoms with Crippen LogP contribution in [0.15, 0.2) is 109 Å². The van der Waals surface area contributed by atoms with E-state index in [1.54, 1.807) is 12.4 Å². The zero-order chi connectivity index (χ0) is 20.1. The van der Waals surface area contributed by atoms with Gasteiger partial charge in [0.05, 0.1) is 17.1 Å². The summed E-state index contributed by atoms with van der Waals surface area (Å²) in [5.41, 5.74) is 7.81. The van der Waals surface area contributed by atoms with Crippen LogP contribution in [-0.2, 0) is 0 Å². The summed E-state index contributed by atoms with van der Waals surface area (Å²) >= 11 is 0. The normalized spacial score (nSPS) is 11.3. The number of pyridine rings is 2. The van der Waals surface area contributed by atoms with Crippen molar-refractivity contribution in [1.82, 2.24) is 9.97 Å². The molecule has 2 heterocycles. The Hall–Kier alpha value is -3.85. The molecule has 0 radical (unpaired) electrons. The Morgan fingerprint density at radius 3 is 1.59 bits per heavy atom. The maximum Gasteiger partial charge on any atom is 0.0701 e. The average molecular weight is 375 g/mol. The van der Waals surface area contributed by atoms with Crippen molar-refractivity contribution < 1.29 is 0 Å². The first-order chi connectivity index (χ1) is 14.2. The summed E-state index contributed by atoms with van der Waals surface area (Å²) in [6.07, 6.45) is 3.61. The Labute approximate surface area is 171 Å². The average Bonchev–Trinajstić information content (AvgIpc) is 2.80. The van der Waals surface area contributed by atoms with Crippen LogP contribution < -0.4 is 0 Å². The van der Waals surface area contributed by atoms with Gasteiger partial charge in [0, 0.05) is 29.2 Å². The highest BCUT2D eigenvalue weighted by atomic mass is 14.8. The number of aliphatic imine (C=N–C) groups is 1. The lowest BCUT2D eigenvalue weighted by Gasteiger charge is -2.07. The smallest absolute Gasteiger partial charge is 0.0701 e. The van der Waals surface area contributed by atoms with Crippen LogP contribution in [0.2, 0.25) is 0 Å². The van der Waals surface area contributed by atoms with E-state index in [-0.39, 0.29) is 0 Å². The molecule has 0 bridgehead atoms. The number of hydrogen-bond acceptors (Lipinski definition) is 3.